The SMILES string of the molecule is CC.Oc1cc(O)c(O)c(O)c1. The second-order valence-corrected chi connectivity index (χ2v) is 1.83. The van der Waals surface area contributed by atoms with Gasteiger partial charge in [-0.15, -0.1) is 0 Å². The highest BCUT2D eigenvalue weighted by molar-refractivity contribution is 5.52. The number of phenolic OH excluding ortho intramolecular Hbond substituents is 4. The number of rotatable bonds is 0. The number of phenols is 4. The van der Waals surface area contributed by atoms with E-state index in [9.17, 15) is 0 Å². The van der Waals surface area contributed by atoms with E-state index < -0.39 is 17.2 Å². The summed E-state index contributed by atoms with van der Waals surface area (Å²) in [6.45, 7) is 4.00. The van der Waals surface area contributed by atoms with Gasteiger partial charge in [-0.05, 0) is 0 Å². The van der Waals surface area contributed by atoms with Crippen LogP contribution in [0.15, 0.2) is 12.1 Å². The van der Waals surface area contributed by atoms with Gasteiger partial charge in [0.1, 0.15) is 5.75 Å². The number of hydrogen-bond donors (Lipinski definition) is 4. The van der Waals surface area contributed by atoms with Crippen molar-refractivity contribution in [2.45, 2.75) is 13.8 Å². The molecule has 4 heteroatoms. The van der Waals surface area contributed by atoms with E-state index in [0.29, 0.717) is 0 Å². The summed E-state index contributed by atoms with van der Waals surface area (Å²) in [5.74, 6) is -2.01. The minimum Gasteiger partial charge on any atom is -0.508 e. The summed E-state index contributed by atoms with van der Waals surface area (Å²) in [6.07, 6.45) is 0. The molecule has 0 saturated heterocycles. The van der Waals surface area contributed by atoms with E-state index >= 15 is 0 Å². The third-order valence-electron chi connectivity index (χ3n) is 1.05. The average molecular weight is 172 g/mol. The molecule has 0 amide bonds. The maximum absolute atomic E-state index is 8.72. The van der Waals surface area contributed by atoms with Crippen molar-refractivity contribution >= 4 is 0 Å². The minimum absolute atomic E-state index is 0.298. The highest BCUT2D eigenvalue weighted by Crippen LogP contribution is 2.37. The fraction of sp³-hybridized carbons (Fsp3) is 0.250. The second kappa shape index (κ2) is 4.33. The van der Waals surface area contributed by atoms with Crippen molar-refractivity contribution in [1.82, 2.24) is 0 Å². The van der Waals surface area contributed by atoms with Gasteiger partial charge in [-0.25, -0.2) is 0 Å². The number of benzene rings is 1. The Bertz CT molecular complexity index is 234. The van der Waals surface area contributed by atoms with Gasteiger partial charge in [0.25, 0.3) is 0 Å². The van der Waals surface area contributed by atoms with Gasteiger partial charge in [-0.1, -0.05) is 13.8 Å². The van der Waals surface area contributed by atoms with E-state index in [1.807, 2.05) is 13.8 Å². The van der Waals surface area contributed by atoms with Crippen LogP contribution in [-0.4, -0.2) is 20.4 Å². The molecular weight excluding hydrogens is 160 g/mol. The minimum atomic E-state index is -0.627. The Kier molecular flexibility index (Phi) is 3.76. The largest absolute Gasteiger partial charge is 0.508 e. The van der Waals surface area contributed by atoms with Gasteiger partial charge in [-0.3, -0.25) is 0 Å². The normalized spacial score (nSPS) is 8.50. The van der Waals surface area contributed by atoms with E-state index in [-0.39, 0.29) is 5.75 Å². The molecule has 0 radical (unpaired) electrons. The lowest BCUT2D eigenvalue weighted by Crippen LogP contribution is -1.70. The van der Waals surface area contributed by atoms with Crippen molar-refractivity contribution in [2.75, 3.05) is 0 Å². The van der Waals surface area contributed by atoms with Gasteiger partial charge in [0.15, 0.2) is 11.5 Å². The summed E-state index contributed by atoms with van der Waals surface area (Å²) in [5, 5.41) is 34.8. The molecule has 4 N–H and O–H groups in total. The van der Waals surface area contributed by atoms with Crippen LogP contribution in [0, 0.1) is 0 Å². The molecule has 4 nitrogen and oxygen atoms in total. The molecular formula is C8H12O4. The first kappa shape index (κ1) is 10.4. The molecule has 0 spiro atoms. The van der Waals surface area contributed by atoms with Gasteiger partial charge >= 0.3 is 0 Å². The monoisotopic (exact) mass is 172 g/mol. The number of hydrogen-bond acceptors (Lipinski definition) is 4. The van der Waals surface area contributed by atoms with Crippen LogP contribution in [0.5, 0.6) is 23.0 Å². The lowest BCUT2D eigenvalue weighted by atomic mass is 10.3. The van der Waals surface area contributed by atoms with Gasteiger partial charge in [-0.2, -0.15) is 0 Å². The Morgan fingerprint density at radius 2 is 1.17 bits per heavy atom. The van der Waals surface area contributed by atoms with Crippen molar-refractivity contribution in [2.24, 2.45) is 0 Å². The van der Waals surface area contributed by atoms with Crippen LogP contribution in [0.1, 0.15) is 13.8 Å². The molecule has 0 aliphatic rings. The Labute approximate surface area is 70.3 Å². The predicted molar refractivity (Wildman–Crippen MR) is 44.4 cm³/mol. The molecule has 0 atom stereocenters. The zero-order valence-electron chi connectivity index (χ0n) is 6.94. The van der Waals surface area contributed by atoms with Crippen LogP contribution in [0.3, 0.4) is 0 Å². The van der Waals surface area contributed by atoms with Crippen molar-refractivity contribution < 1.29 is 20.4 Å². The van der Waals surface area contributed by atoms with Gasteiger partial charge in [0.05, 0.1) is 0 Å². The van der Waals surface area contributed by atoms with E-state index in [1.54, 1.807) is 0 Å². The third kappa shape index (κ3) is 2.23. The molecule has 0 aliphatic carbocycles. The molecule has 1 aromatic carbocycles. The third-order valence-corrected chi connectivity index (χ3v) is 1.05. The molecule has 1 rings (SSSR count). The Balaban J connectivity index is 0.000000561. The Morgan fingerprint density at radius 3 is 1.50 bits per heavy atom. The fourth-order valence-electron chi connectivity index (χ4n) is 0.590. The predicted octanol–water partition coefficient (Wildman–Crippen LogP) is 1.54. The molecule has 68 valence electrons. The highest BCUT2D eigenvalue weighted by Gasteiger charge is 2.05. The first-order chi connectivity index (χ1) is 5.61. The molecule has 0 bridgehead atoms. The molecule has 0 heterocycles. The van der Waals surface area contributed by atoms with Crippen molar-refractivity contribution in [3.8, 4) is 23.0 Å². The van der Waals surface area contributed by atoms with Crippen molar-refractivity contribution in [1.29, 1.82) is 0 Å². The van der Waals surface area contributed by atoms with Crippen LogP contribution in [0.4, 0.5) is 0 Å². The van der Waals surface area contributed by atoms with Gasteiger partial charge < -0.3 is 20.4 Å². The average Bonchev–Trinajstić information content (AvgIpc) is 2.04. The molecule has 0 fully saturated rings. The zero-order valence-corrected chi connectivity index (χ0v) is 6.94. The van der Waals surface area contributed by atoms with E-state index in [4.69, 9.17) is 20.4 Å². The molecule has 12 heavy (non-hydrogen) atoms. The molecule has 0 aromatic heterocycles. The van der Waals surface area contributed by atoms with Crippen LogP contribution in [0.2, 0.25) is 0 Å². The molecule has 0 aliphatic heterocycles. The standard InChI is InChI=1S/C6H6O4.C2H6/c7-3-1-4(8)6(10)5(9)2-3;1-2/h1-2,7-10H;1-2H3. The highest BCUT2D eigenvalue weighted by atomic mass is 16.3. The lowest BCUT2D eigenvalue weighted by molar-refractivity contribution is 0.361. The zero-order chi connectivity index (χ0) is 9.72. The maximum atomic E-state index is 8.72. The summed E-state index contributed by atoms with van der Waals surface area (Å²) in [7, 11) is 0. The number of aromatic hydroxyl groups is 4. The van der Waals surface area contributed by atoms with Gasteiger partial charge in [0, 0.05) is 12.1 Å². The van der Waals surface area contributed by atoms with E-state index in [0.717, 1.165) is 12.1 Å². The Hall–Kier alpha value is -1.58. The first-order valence-electron chi connectivity index (χ1n) is 3.55. The van der Waals surface area contributed by atoms with Gasteiger partial charge in [0.2, 0.25) is 5.75 Å². The first-order valence-corrected chi connectivity index (χ1v) is 3.55. The van der Waals surface area contributed by atoms with Crippen LogP contribution in [-0.2, 0) is 0 Å². The smallest absolute Gasteiger partial charge is 0.200 e. The van der Waals surface area contributed by atoms with Crippen LogP contribution < -0.4 is 0 Å². The second-order valence-electron chi connectivity index (χ2n) is 1.83. The molecule has 0 unspecified atom stereocenters. The summed E-state index contributed by atoms with van der Waals surface area (Å²) in [6, 6.07) is 1.85. The maximum Gasteiger partial charge on any atom is 0.200 e. The fourth-order valence-corrected chi connectivity index (χ4v) is 0.590. The van der Waals surface area contributed by atoms with E-state index in [2.05, 4.69) is 0 Å². The van der Waals surface area contributed by atoms with Crippen LogP contribution in [0.25, 0.3) is 0 Å². The van der Waals surface area contributed by atoms with Crippen molar-refractivity contribution in [3.63, 3.8) is 0 Å². The van der Waals surface area contributed by atoms with Crippen LogP contribution >= 0.6 is 0 Å². The van der Waals surface area contributed by atoms with Crippen molar-refractivity contribution in [3.05, 3.63) is 12.1 Å². The topological polar surface area (TPSA) is 80.9 Å². The summed E-state index contributed by atoms with van der Waals surface area (Å²) in [4.78, 5) is 0. The molecule has 1 aromatic rings. The summed E-state index contributed by atoms with van der Waals surface area (Å²) < 4.78 is 0. The Morgan fingerprint density at radius 1 is 0.833 bits per heavy atom. The summed E-state index contributed by atoms with van der Waals surface area (Å²) in [5.41, 5.74) is 0. The summed E-state index contributed by atoms with van der Waals surface area (Å²) >= 11 is 0. The quantitative estimate of drug-likeness (QED) is 0.353. The van der Waals surface area contributed by atoms with E-state index in [1.165, 1.54) is 0 Å². The lowest BCUT2D eigenvalue weighted by Gasteiger charge is -1.99. The molecule has 0 saturated carbocycles.